The van der Waals surface area contributed by atoms with E-state index in [1.54, 1.807) is 28.9 Å². The lowest BCUT2D eigenvalue weighted by Crippen LogP contribution is -2.42. The Hall–Kier alpha value is -3.64. The van der Waals surface area contributed by atoms with Crippen molar-refractivity contribution >= 4 is 35.3 Å². The van der Waals surface area contributed by atoms with Gasteiger partial charge in [-0.05, 0) is 55.5 Å². The number of carbonyl (C=O) groups is 2. The lowest BCUT2D eigenvalue weighted by molar-refractivity contribution is -0.596. The summed E-state index contributed by atoms with van der Waals surface area (Å²) in [5.41, 5.74) is 7.25. The zero-order valence-corrected chi connectivity index (χ0v) is 19.5. The quantitative estimate of drug-likeness (QED) is 0.569. The van der Waals surface area contributed by atoms with Crippen LogP contribution in [-0.2, 0) is 4.79 Å². The lowest BCUT2D eigenvalue weighted by atomic mass is 9.99. The van der Waals surface area contributed by atoms with E-state index >= 15 is 0 Å². The van der Waals surface area contributed by atoms with Gasteiger partial charge in [-0.15, -0.1) is 10.1 Å². The number of nitrogens with zero attached hydrogens (tertiary/aromatic N) is 2. The lowest BCUT2D eigenvalue weighted by Gasteiger charge is -2.15. The van der Waals surface area contributed by atoms with Crippen LogP contribution >= 0.6 is 11.6 Å². The second-order valence-electron chi connectivity index (χ2n) is 8.32. The fourth-order valence-electron chi connectivity index (χ4n) is 3.87. The maximum atomic E-state index is 13.0. The van der Waals surface area contributed by atoms with Gasteiger partial charge in [-0.2, -0.15) is 0 Å². The van der Waals surface area contributed by atoms with E-state index in [0.717, 1.165) is 22.4 Å². The summed E-state index contributed by atoms with van der Waals surface area (Å²) in [7, 11) is 3.97. The molecule has 168 valence electrons. The predicted octanol–water partition coefficient (Wildman–Crippen LogP) is 3.73. The Balaban J connectivity index is 1.69. The molecule has 1 fully saturated rings. The summed E-state index contributed by atoms with van der Waals surface area (Å²) in [4.78, 5) is 28.0. The summed E-state index contributed by atoms with van der Waals surface area (Å²) in [6.45, 7) is 1.92. The third kappa shape index (κ3) is 5.07. The average molecular weight is 462 g/mol. The minimum Gasteiger partial charge on any atom is -0.378 e. The monoisotopic (exact) mass is 461 g/mol. The zero-order valence-electron chi connectivity index (χ0n) is 18.7. The van der Waals surface area contributed by atoms with Crippen LogP contribution in [0.3, 0.4) is 0 Å². The Morgan fingerprint density at radius 3 is 2.39 bits per heavy atom. The van der Waals surface area contributed by atoms with Crippen molar-refractivity contribution in [3.05, 3.63) is 100 Å². The first-order valence-electron chi connectivity index (χ1n) is 10.7. The van der Waals surface area contributed by atoms with Crippen LogP contribution in [0, 0.1) is 6.92 Å². The topological polar surface area (TPSA) is 64.5 Å². The average Bonchev–Trinajstić information content (AvgIpc) is 3.09. The van der Waals surface area contributed by atoms with E-state index in [9.17, 15) is 9.59 Å². The van der Waals surface area contributed by atoms with Crippen molar-refractivity contribution in [3.8, 4) is 0 Å². The molecule has 0 aromatic heterocycles. The molecular weight excluding hydrogens is 436 g/mol. The van der Waals surface area contributed by atoms with Gasteiger partial charge in [0.15, 0.2) is 6.04 Å². The van der Waals surface area contributed by atoms with E-state index in [4.69, 9.17) is 11.6 Å². The fraction of sp³-hybridized carbons (Fsp3) is 0.192. The first-order chi connectivity index (χ1) is 15.8. The number of aryl methyl sites for hydroxylation is 1. The Kier molecular flexibility index (Phi) is 6.47. The van der Waals surface area contributed by atoms with Gasteiger partial charge in [0, 0.05) is 41.5 Å². The van der Waals surface area contributed by atoms with Crippen LogP contribution in [0.25, 0.3) is 0 Å². The molecular formula is C26H26ClN4O2+. The van der Waals surface area contributed by atoms with Crippen molar-refractivity contribution in [2.24, 2.45) is 0 Å². The van der Waals surface area contributed by atoms with Crippen LogP contribution in [-0.4, -0.2) is 42.9 Å². The molecule has 0 bridgehead atoms. The molecule has 2 N–H and O–H groups in total. The van der Waals surface area contributed by atoms with Gasteiger partial charge in [0.05, 0.1) is 0 Å². The van der Waals surface area contributed by atoms with Crippen molar-refractivity contribution < 1.29 is 14.3 Å². The normalized spacial score (nSPS) is 18.8. The summed E-state index contributed by atoms with van der Waals surface area (Å²) < 4.78 is 1.75. The summed E-state index contributed by atoms with van der Waals surface area (Å²) in [6, 6.07) is 21.4. The zero-order chi connectivity index (χ0) is 23.5. The van der Waals surface area contributed by atoms with E-state index in [1.165, 1.54) is 0 Å². The second-order valence-corrected chi connectivity index (χ2v) is 8.75. The number of hydrogen-bond acceptors (Lipinski definition) is 3. The molecule has 33 heavy (non-hydrogen) atoms. The molecule has 1 aliphatic heterocycles. The number of halogens is 1. The number of rotatable bonds is 5. The van der Waals surface area contributed by atoms with Crippen molar-refractivity contribution in [2.45, 2.75) is 19.0 Å². The first-order valence-corrected chi connectivity index (χ1v) is 11.0. The number of benzene rings is 3. The van der Waals surface area contributed by atoms with Gasteiger partial charge in [-0.1, -0.05) is 41.4 Å². The Morgan fingerprint density at radius 2 is 1.76 bits per heavy atom. The summed E-state index contributed by atoms with van der Waals surface area (Å²) >= 11 is 6.09. The van der Waals surface area contributed by atoms with Crippen LogP contribution in [0.5, 0.6) is 0 Å². The minimum absolute atomic E-state index is 0.280. The molecule has 0 aliphatic carbocycles. The molecule has 1 saturated heterocycles. The van der Waals surface area contributed by atoms with Crippen LogP contribution < -0.4 is 15.6 Å². The molecule has 0 saturated carbocycles. The number of anilines is 1. The molecule has 0 radical (unpaired) electrons. The van der Waals surface area contributed by atoms with Gasteiger partial charge in [-0.3, -0.25) is 9.59 Å². The number of hydrazine groups is 1. The third-order valence-electron chi connectivity index (χ3n) is 5.61. The van der Waals surface area contributed by atoms with Crippen molar-refractivity contribution in [1.29, 1.82) is 0 Å². The summed E-state index contributed by atoms with van der Waals surface area (Å²) in [5.74, 6) is -0.577. The highest BCUT2D eigenvalue weighted by atomic mass is 35.5. The van der Waals surface area contributed by atoms with Gasteiger partial charge in [0.25, 0.3) is 5.91 Å². The third-order valence-corrected chi connectivity index (χ3v) is 5.87. The molecule has 6 nitrogen and oxygen atoms in total. The Morgan fingerprint density at radius 1 is 1.06 bits per heavy atom. The summed E-state index contributed by atoms with van der Waals surface area (Å²) in [6.07, 6.45) is 1.87. The van der Waals surface area contributed by atoms with Gasteiger partial charge in [0.2, 0.25) is 12.3 Å². The van der Waals surface area contributed by atoms with Gasteiger partial charge in [0.1, 0.15) is 0 Å². The minimum atomic E-state index is -0.781. The highest BCUT2D eigenvalue weighted by Gasteiger charge is 2.47. The molecule has 2 atom stereocenters. The number of hydrogen-bond donors (Lipinski definition) is 2. The van der Waals surface area contributed by atoms with Crippen LogP contribution in [0.2, 0.25) is 5.02 Å². The van der Waals surface area contributed by atoms with Crippen LogP contribution in [0.1, 0.15) is 33.1 Å². The molecule has 7 heteroatoms. The molecule has 1 heterocycles. The number of hydrazone groups is 1. The smallest absolute Gasteiger partial charge is 0.304 e. The summed E-state index contributed by atoms with van der Waals surface area (Å²) in [5, 5.41) is 3.53. The number of carbonyl (C=O) groups excluding carboxylic acids is 2. The van der Waals surface area contributed by atoms with E-state index in [1.807, 2.05) is 80.7 Å². The predicted molar refractivity (Wildman–Crippen MR) is 131 cm³/mol. The molecule has 1 aliphatic rings. The van der Waals surface area contributed by atoms with E-state index in [0.29, 0.717) is 10.6 Å². The maximum Gasteiger partial charge on any atom is 0.304 e. The van der Waals surface area contributed by atoms with E-state index in [-0.39, 0.29) is 11.8 Å². The molecule has 4 rings (SSSR count). The van der Waals surface area contributed by atoms with Crippen LogP contribution in [0.15, 0.2) is 72.8 Å². The first kappa shape index (κ1) is 22.6. The largest absolute Gasteiger partial charge is 0.378 e. The standard InChI is InChI=1S/C26H25ClN4O2/c1-17-5-4-6-20(15-17)25(32)28-23-24(19-9-11-21(27)12-10-19)31(29-26(23)33)16-18-7-13-22(14-8-18)30(2)3/h4-16,23-24H,1-3H3,(H-,28,29,32,33)/p+1/t23-,24-/m1/s1. The number of nitrogens with one attached hydrogen (secondary N) is 2. The van der Waals surface area contributed by atoms with Crippen molar-refractivity contribution in [2.75, 3.05) is 19.0 Å². The maximum absolute atomic E-state index is 13.0. The second kappa shape index (κ2) is 9.46. The van der Waals surface area contributed by atoms with E-state index in [2.05, 4.69) is 10.7 Å². The van der Waals surface area contributed by atoms with Crippen LogP contribution in [0.4, 0.5) is 5.69 Å². The van der Waals surface area contributed by atoms with Crippen molar-refractivity contribution in [1.82, 2.24) is 10.7 Å². The fourth-order valence-corrected chi connectivity index (χ4v) is 4.00. The van der Waals surface area contributed by atoms with E-state index < -0.39 is 12.1 Å². The van der Waals surface area contributed by atoms with Gasteiger partial charge in [-0.25, -0.2) is 0 Å². The molecule has 2 amide bonds. The highest BCUT2D eigenvalue weighted by molar-refractivity contribution is 6.30. The molecule has 3 aromatic carbocycles. The Bertz CT molecular complexity index is 1200. The molecule has 0 unspecified atom stereocenters. The molecule has 3 aromatic rings. The van der Waals surface area contributed by atoms with Gasteiger partial charge >= 0.3 is 5.91 Å². The highest BCUT2D eigenvalue weighted by Crippen LogP contribution is 2.27. The SMILES string of the molecule is Cc1cccc(C(=O)N[C@H]2C(=O)N/[N+](=C\c3ccc(N(C)C)cc3)[C@@H]2c2ccc(Cl)cc2)c1. The molecule has 0 spiro atoms. The van der Waals surface area contributed by atoms with Gasteiger partial charge < -0.3 is 10.2 Å². The van der Waals surface area contributed by atoms with Crippen molar-refractivity contribution in [3.63, 3.8) is 0 Å². The Labute approximate surface area is 198 Å². The number of amides is 2.